The molecular weight excluding hydrogens is 536 g/mol. The van der Waals surface area contributed by atoms with Crippen LogP contribution < -0.4 is 0 Å². The Bertz CT molecular complexity index is 516. The zero-order valence-electron chi connectivity index (χ0n) is 30.9. The van der Waals surface area contributed by atoms with E-state index < -0.39 is 0 Å². The lowest BCUT2D eigenvalue weighted by Gasteiger charge is -2.05. The van der Waals surface area contributed by atoms with Gasteiger partial charge in [0.2, 0.25) is 0 Å². The van der Waals surface area contributed by atoms with E-state index in [1.54, 1.807) is 0 Å². The van der Waals surface area contributed by atoms with Gasteiger partial charge in [0.05, 0.1) is 6.61 Å². The minimum atomic E-state index is -0.0243. The molecule has 0 saturated heterocycles. The van der Waals surface area contributed by atoms with Gasteiger partial charge in [-0.1, -0.05) is 238 Å². The van der Waals surface area contributed by atoms with Crippen LogP contribution >= 0.6 is 0 Å². The lowest BCUT2D eigenvalue weighted by atomic mass is 10.0. The number of rotatable bonds is 39. The van der Waals surface area contributed by atoms with Crippen molar-refractivity contribution < 1.29 is 9.53 Å². The van der Waals surface area contributed by atoms with Crippen LogP contribution in [0.25, 0.3) is 0 Å². The smallest absolute Gasteiger partial charge is 0.305 e. The number of hydrogen-bond acceptors (Lipinski definition) is 2. The first-order valence-electron chi connectivity index (χ1n) is 21.0. The summed E-state index contributed by atoms with van der Waals surface area (Å²) in [6.07, 6.45) is 53.7. The highest BCUT2D eigenvalue weighted by Gasteiger charge is 2.01. The molecule has 0 aromatic rings. The van der Waals surface area contributed by atoms with E-state index in [0.717, 1.165) is 6.42 Å². The van der Waals surface area contributed by atoms with Crippen molar-refractivity contribution in [2.75, 3.05) is 6.61 Å². The van der Waals surface area contributed by atoms with E-state index >= 15 is 0 Å². The Morgan fingerprint density at radius 2 is 0.477 bits per heavy atom. The molecule has 0 heterocycles. The van der Waals surface area contributed by atoms with Crippen molar-refractivity contribution >= 4 is 5.97 Å². The highest BCUT2D eigenvalue weighted by atomic mass is 16.5. The van der Waals surface area contributed by atoms with Gasteiger partial charge in [-0.15, -0.1) is 0 Å². The molecule has 2 nitrogen and oxygen atoms in total. The second-order valence-electron chi connectivity index (χ2n) is 14.3. The first-order valence-corrected chi connectivity index (χ1v) is 21.0. The molecule has 0 aromatic carbocycles. The molecule has 0 aliphatic carbocycles. The van der Waals surface area contributed by atoms with Crippen LogP contribution in [0.5, 0.6) is 0 Å². The number of esters is 1. The van der Waals surface area contributed by atoms with Gasteiger partial charge in [0.1, 0.15) is 0 Å². The first kappa shape index (κ1) is 43.5. The molecule has 0 saturated carbocycles. The van der Waals surface area contributed by atoms with E-state index in [9.17, 15) is 4.79 Å². The molecule has 0 N–H and O–H groups in total. The van der Waals surface area contributed by atoms with E-state index in [4.69, 9.17) is 4.74 Å². The number of hydrogen-bond donors (Lipinski definition) is 0. The fourth-order valence-electron chi connectivity index (χ4n) is 6.76. The second kappa shape index (κ2) is 40.5. The van der Waals surface area contributed by atoms with Crippen LogP contribution in [0.1, 0.15) is 258 Å². The highest BCUT2D eigenvalue weighted by molar-refractivity contribution is 5.69. The number of unbranched alkanes of at least 4 members (excludes halogenated alkanes) is 36. The minimum Gasteiger partial charge on any atom is -0.466 e. The summed E-state index contributed by atoms with van der Waals surface area (Å²) in [5.41, 5.74) is 0. The Kier molecular flexibility index (Phi) is 40.0. The van der Waals surface area contributed by atoms with Crippen LogP contribution in [0.15, 0.2) is 0 Å². The largest absolute Gasteiger partial charge is 0.466 e. The van der Waals surface area contributed by atoms with Crippen LogP contribution in [0.3, 0.4) is 0 Å². The molecule has 0 aliphatic rings. The summed E-state index contributed by atoms with van der Waals surface area (Å²) >= 11 is 0. The first-order chi connectivity index (χ1) is 21.8. The van der Waals surface area contributed by atoms with Crippen molar-refractivity contribution in [3.05, 3.63) is 0 Å². The zero-order valence-corrected chi connectivity index (χ0v) is 30.9. The predicted molar refractivity (Wildman–Crippen MR) is 198 cm³/mol. The van der Waals surface area contributed by atoms with E-state index in [0.29, 0.717) is 13.0 Å². The van der Waals surface area contributed by atoms with Crippen LogP contribution in [0.2, 0.25) is 0 Å². The van der Waals surface area contributed by atoms with Gasteiger partial charge in [0.25, 0.3) is 0 Å². The SMILES string of the molecule is CCCCCCCCCCCCCCCCCCCCCCCCCCCCCCCCCCCCCCCC(=O)OCC. The van der Waals surface area contributed by atoms with E-state index in [2.05, 4.69) is 6.92 Å². The summed E-state index contributed by atoms with van der Waals surface area (Å²) in [4.78, 5) is 11.3. The van der Waals surface area contributed by atoms with Crippen molar-refractivity contribution in [1.29, 1.82) is 0 Å². The molecule has 0 radical (unpaired) electrons. The van der Waals surface area contributed by atoms with Gasteiger partial charge in [-0.3, -0.25) is 4.79 Å². The molecule has 0 aromatic heterocycles. The van der Waals surface area contributed by atoms with Crippen LogP contribution in [-0.4, -0.2) is 12.6 Å². The average molecular weight is 621 g/mol. The summed E-state index contributed by atoms with van der Waals surface area (Å²) in [5.74, 6) is -0.0243. The fourth-order valence-corrected chi connectivity index (χ4v) is 6.76. The van der Waals surface area contributed by atoms with E-state index in [1.165, 1.54) is 231 Å². The number of carbonyl (C=O) groups excluding carboxylic acids is 1. The van der Waals surface area contributed by atoms with Gasteiger partial charge >= 0.3 is 5.97 Å². The Morgan fingerprint density at radius 3 is 0.659 bits per heavy atom. The predicted octanol–water partition coefficient (Wildman–Crippen LogP) is 15.4. The molecule has 0 unspecified atom stereocenters. The normalized spacial score (nSPS) is 11.4. The molecule has 0 bridgehead atoms. The van der Waals surface area contributed by atoms with Crippen molar-refractivity contribution in [3.63, 3.8) is 0 Å². The third-order valence-corrected chi connectivity index (χ3v) is 9.79. The molecular formula is C42H84O2. The number of carbonyl (C=O) groups is 1. The Balaban J connectivity index is 3.05. The Hall–Kier alpha value is -0.530. The molecule has 44 heavy (non-hydrogen) atoms. The van der Waals surface area contributed by atoms with Crippen LogP contribution in [-0.2, 0) is 9.53 Å². The third kappa shape index (κ3) is 39.5. The van der Waals surface area contributed by atoms with Crippen molar-refractivity contribution in [1.82, 2.24) is 0 Å². The quantitative estimate of drug-likeness (QED) is 0.0505. The highest BCUT2D eigenvalue weighted by Crippen LogP contribution is 2.17. The Morgan fingerprint density at radius 1 is 0.295 bits per heavy atom. The standard InChI is InChI=1S/C42H84O2/c1-3-5-6-7-8-9-10-11-12-13-14-15-16-17-18-19-20-21-22-23-24-25-26-27-28-29-30-31-32-33-34-35-36-37-38-39-40-41-42(43)44-4-2/h3-41H2,1-2H3. The molecule has 0 spiro atoms. The Labute approximate surface area is 279 Å². The van der Waals surface area contributed by atoms with Gasteiger partial charge < -0.3 is 4.74 Å². The van der Waals surface area contributed by atoms with Crippen LogP contribution in [0.4, 0.5) is 0 Å². The van der Waals surface area contributed by atoms with Gasteiger partial charge in [0, 0.05) is 6.42 Å². The topological polar surface area (TPSA) is 26.3 Å². The summed E-state index contributed by atoms with van der Waals surface area (Å²) in [5, 5.41) is 0. The molecule has 264 valence electrons. The lowest BCUT2D eigenvalue weighted by molar-refractivity contribution is -0.143. The maximum Gasteiger partial charge on any atom is 0.305 e. The molecule has 0 rings (SSSR count). The molecule has 0 atom stereocenters. The summed E-state index contributed by atoms with van der Waals surface area (Å²) < 4.78 is 4.98. The lowest BCUT2D eigenvalue weighted by Crippen LogP contribution is -2.03. The van der Waals surface area contributed by atoms with Gasteiger partial charge in [0.15, 0.2) is 0 Å². The maximum absolute atomic E-state index is 11.3. The average Bonchev–Trinajstić information content (AvgIpc) is 3.02. The van der Waals surface area contributed by atoms with Gasteiger partial charge in [-0.05, 0) is 13.3 Å². The number of ether oxygens (including phenoxy) is 1. The van der Waals surface area contributed by atoms with Crippen molar-refractivity contribution in [2.45, 2.75) is 258 Å². The summed E-state index contributed by atoms with van der Waals surface area (Å²) in [6, 6.07) is 0. The van der Waals surface area contributed by atoms with Crippen molar-refractivity contribution in [2.24, 2.45) is 0 Å². The third-order valence-electron chi connectivity index (χ3n) is 9.79. The zero-order chi connectivity index (χ0) is 31.9. The summed E-state index contributed by atoms with van der Waals surface area (Å²) in [7, 11) is 0. The second-order valence-corrected chi connectivity index (χ2v) is 14.3. The fraction of sp³-hybridized carbons (Fsp3) is 0.976. The van der Waals surface area contributed by atoms with E-state index in [-0.39, 0.29) is 5.97 Å². The monoisotopic (exact) mass is 621 g/mol. The van der Waals surface area contributed by atoms with Crippen LogP contribution in [0, 0.1) is 0 Å². The minimum absolute atomic E-state index is 0.0243. The maximum atomic E-state index is 11.3. The molecule has 0 fully saturated rings. The molecule has 2 heteroatoms. The summed E-state index contributed by atoms with van der Waals surface area (Å²) in [6.45, 7) is 4.70. The van der Waals surface area contributed by atoms with E-state index in [1.807, 2.05) is 6.92 Å². The molecule has 0 amide bonds. The van der Waals surface area contributed by atoms with Gasteiger partial charge in [-0.2, -0.15) is 0 Å². The molecule has 0 aliphatic heterocycles. The van der Waals surface area contributed by atoms with Crippen molar-refractivity contribution in [3.8, 4) is 0 Å². The van der Waals surface area contributed by atoms with Gasteiger partial charge in [-0.25, -0.2) is 0 Å².